The molecule has 0 bridgehead atoms. The summed E-state index contributed by atoms with van der Waals surface area (Å²) in [6.45, 7) is 1.94. The molecule has 1 saturated heterocycles. The number of imide groups is 1. The van der Waals surface area contributed by atoms with Gasteiger partial charge in [0.25, 0.3) is 5.91 Å². The number of rotatable bonds is 6. The first kappa shape index (κ1) is 22.4. The Kier molecular flexibility index (Phi) is 6.26. The summed E-state index contributed by atoms with van der Waals surface area (Å²) < 4.78 is 5.62. The van der Waals surface area contributed by atoms with Gasteiger partial charge in [0.15, 0.2) is 6.61 Å². The van der Waals surface area contributed by atoms with E-state index in [-0.39, 0.29) is 36.4 Å². The fraction of sp³-hybridized carbons (Fsp3) is 0.444. The Hall–Kier alpha value is -3.35. The molecule has 0 aromatic heterocycles. The van der Waals surface area contributed by atoms with Gasteiger partial charge in [-0.1, -0.05) is 61.4 Å². The van der Waals surface area contributed by atoms with Crippen molar-refractivity contribution in [3.05, 3.63) is 65.7 Å². The molecule has 7 nitrogen and oxygen atoms in total. The molecule has 2 aliphatic heterocycles. The van der Waals surface area contributed by atoms with Gasteiger partial charge in [0.05, 0.1) is 0 Å². The molecule has 1 aliphatic carbocycles. The zero-order valence-electron chi connectivity index (χ0n) is 19.4. The number of amides is 4. The van der Waals surface area contributed by atoms with Crippen molar-refractivity contribution < 1.29 is 19.1 Å². The average molecular weight is 462 g/mol. The molecule has 2 fully saturated rings. The second-order valence-corrected chi connectivity index (χ2v) is 9.56. The van der Waals surface area contributed by atoms with Crippen LogP contribution in [0.1, 0.15) is 43.2 Å². The minimum absolute atomic E-state index is 0.0371. The smallest absolute Gasteiger partial charge is 0.326 e. The first-order valence-electron chi connectivity index (χ1n) is 12.2. The lowest BCUT2D eigenvalue weighted by Gasteiger charge is -2.40. The van der Waals surface area contributed by atoms with Crippen molar-refractivity contribution in [2.45, 2.75) is 44.1 Å². The van der Waals surface area contributed by atoms with Crippen LogP contribution >= 0.6 is 0 Å². The number of hydrogen-bond acceptors (Lipinski definition) is 4. The van der Waals surface area contributed by atoms with E-state index in [1.165, 1.54) is 10.5 Å². The maximum absolute atomic E-state index is 13.4. The zero-order chi connectivity index (χ0) is 23.5. The molecule has 2 heterocycles. The van der Waals surface area contributed by atoms with Crippen LogP contribution in [-0.2, 0) is 21.5 Å². The fourth-order valence-corrected chi connectivity index (χ4v) is 5.58. The first-order chi connectivity index (χ1) is 16.6. The molecule has 178 valence electrons. The van der Waals surface area contributed by atoms with Gasteiger partial charge in [0, 0.05) is 50.1 Å². The van der Waals surface area contributed by atoms with Gasteiger partial charge in [-0.25, -0.2) is 4.79 Å². The Morgan fingerprint density at radius 1 is 0.824 bits per heavy atom. The van der Waals surface area contributed by atoms with Crippen molar-refractivity contribution in [2.75, 3.05) is 32.8 Å². The molecule has 0 N–H and O–H groups in total. The standard InChI is InChI=1S/C27H31N3O4/c31-24-12-15-29(20-27(13-6-7-14-27)22-9-2-1-3-10-22)26(33)30(24)17-16-28-18-21-8-4-5-11-23(21)34-19-25(28)32/h1-5,8-11H,6-7,12-20H2. The summed E-state index contributed by atoms with van der Waals surface area (Å²) in [5.74, 6) is 0.400. The van der Waals surface area contributed by atoms with Gasteiger partial charge >= 0.3 is 6.03 Å². The van der Waals surface area contributed by atoms with Gasteiger partial charge in [-0.2, -0.15) is 0 Å². The van der Waals surface area contributed by atoms with Crippen molar-refractivity contribution in [3.63, 3.8) is 0 Å². The number of para-hydroxylation sites is 1. The van der Waals surface area contributed by atoms with E-state index < -0.39 is 0 Å². The van der Waals surface area contributed by atoms with E-state index in [9.17, 15) is 14.4 Å². The normalized spacial score (nSPS) is 20.2. The number of carbonyl (C=O) groups excluding carboxylic acids is 3. The molecule has 34 heavy (non-hydrogen) atoms. The van der Waals surface area contributed by atoms with E-state index in [0.29, 0.717) is 38.3 Å². The van der Waals surface area contributed by atoms with Crippen LogP contribution < -0.4 is 4.74 Å². The number of benzene rings is 2. The average Bonchev–Trinajstić information content (AvgIpc) is 3.28. The Morgan fingerprint density at radius 2 is 1.56 bits per heavy atom. The number of fused-ring (bicyclic) bond motifs is 1. The SMILES string of the molecule is O=C1COc2ccccc2CN1CCN1C(=O)CCN(CC2(c3ccccc3)CCCC2)C1=O. The maximum atomic E-state index is 13.4. The van der Waals surface area contributed by atoms with Gasteiger partial charge < -0.3 is 14.5 Å². The number of ether oxygens (including phenoxy) is 1. The molecule has 3 aliphatic rings. The van der Waals surface area contributed by atoms with E-state index in [1.807, 2.05) is 35.2 Å². The van der Waals surface area contributed by atoms with Gasteiger partial charge in [0.2, 0.25) is 5.91 Å². The van der Waals surface area contributed by atoms with E-state index in [0.717, 1.165) is 31.2 Å². The Morgan fingerprint density at radius 3 is 2.35 bits per heavy atom. The quantitative estimate of drug-likeness (QED) is 0.660. The monoisotopic (exact) mass is 461 g/mol. The highest BCUT2D eigenvalue weighted by Gasteiger charge is 2.41. The molecule has 1 saturated carbocycles. The third kappa shape index (κ3) is 4.39. The summed E-state index contributed by atoms with van der Waals surface area (Å²) >= 11 is 0. The molecule has 2 aromatic rings. The highest BCUT2D eigenvalue weighted by molar-refractivity contribution is 5.97. The van der Waals surface area contributed by atoms with Crippen molar-refractivity contribution in [1.29, 1.82) is 0 Å². The predicted octanol–water partition coefficient (Wildman–Crippen LogP) is 3.57. The fourth-order valence-electron chi connectivity index (χ4n) is 5.58. The number of nitrogens with zero attached hydrogens (tertiary/aromatic N) is 3. The van der Waals surface area contributed by atoms with Crippen LogP contribution in [0.15, 0.2) is 54.6 Å². The first-order valence-corrected chi connectivity index (χ1v) is 12.2. The lowest BCUT2D eigenvalue weighted by molar-refractivity contribution is -0.136. The summed E-state index contributed by atoms with van der Waals surface area (Å²) in [7, 11) is 0. The molecule has 0 atom stereocenters. The molecule has 0 spiro atoms. The van der Waals surface area contributed by atoms with Crippen LogP contribution in [0.3, 0.4) is 0 Å². The Labute approximate surface area is 200 Å². The highest BCUT2D eigenvalue weighted by Crippen LogP contribution is 2.42. The molecule has 4 amide bonds. The number of carbonyl (C=O) groups is 3. The molecule has 7 heteroatoms. The molecule has 2 aromatic carbocycles. The Bertz CT molecular complexity index is 1060. The van der Waals surface area contributed by atoms with Crippen molar-refractivity contribution in [1.82, 2.24) is 14.7 Å². The predicted molar refractivity (Wildman–Crippen MR) is 127 cm³/mol. The van der Waals surface area contributed by atoms with Crippen LogP contribution in [0.4, 0.5) is 4.79 Å². The van der Waals surface area contributed by atoms with Crippen molar-refractivity contribution >= 4 is 17.8 Å². The Balaban J connectivity index is 1.28. The summed E-state index contributed by atoms with van der Waals surface area (Å²) in [6.07, 6.45) is 4.73. The molecule has 0 unspecified atom stereocenters. The third-order valence-corrected chi connectivity index (χ3v) is 7.47. The summed E-state index contributed by atoms with van der Waals surface area (Å²) in [5.41, 5.74) is 2.15. The van der Waals surface area contributed by atoms with Crippen molar-refractivity contribution in [2.24, 2.45) is 0 Å². The maximum Gasteiger partial charge on any atom is 0.326 e. The van der Waals surface area contributed by atoms with Crippen LogP contribution in [0.25, 0.3) is 0 Å². The highest BCUT2D eigenvalue weighted by atomic mass is 16.5. The largest absolute Gasteiger partial charge is 0.483 e. The number of hydrogen-bond donors (Lipinski definition) is 0. The zero-order valence-corrected chi connectivity index (χ0v) is 19.4. The minimum Gasteiger partial charge on any atom is -0.483 e. The minimum atomic E-state index is -0.239. The van der Waals surface area contributed by atoms with Crippen LogP contribution in [0.5, 0.6) is 5.75 Å². The molecule has 5 rings (SSSR count). The molecular weight excluding hydrogens is 430 g/mol. The van der Waals surface area contributed by atoms with Crippen LogP contribution in [0, 0.1) is 0 Å². The van der Waals surface area contributed by atoms with Crippen molar-refractivity contribution in [3.8, 4) is 5.75 Å². The van der Waals surface area contributed by atoms with E-state index in [4.69, 9.17) is 4.74 Å². The van der Waals surface area contributed by atoms with Gasteiger partial charge in [-0.05, 0) is 24.5 Å². The van der Waals surface area contributed by atoms with Gasteiger partial charge in [-0.3, -0.25) is 14.5 Å². The van der Waals surface area contributed by atoms with Gasteiger partial charge in [-0.15, -0.1) is 0 Å². The summed E-state index contributed by atoms with van der Waals surface area (Å²) in [5, 5.41) is 0. The van der Waals surface area contributed by atoms with E-state index in [2.05, 4.69) is 24.3 Å². The second-order valence-electron chi connectivity index (χ2n) is 9.56. The molecule has 0 radical (unpaired) electrons. The van der Waals surface area contributed by atoms with Gasteiger partial charge in [0.1, 0.15) is 5.75 Å². The number of urea groups is 1. The van der Waals surface area contributed by atoms with Crippen LogP contribution in [0.2, 0.25) is 0 Å². The van der Waals surface area contributed by atoms with E-state index in [1.54, 1.807) is 4.90 Å². The third-order valence-electron chi connectivity index (χ3n) is 7.47. The van der Waals surface area contributed by atoms with Crippen LogP contribution in [-0.4, -0.2) is 65.3 Å². The van der Waals surface area contributed by atoms with E-state index >= 15 is 0 Å². The second kappa shape index (κ2) is 9.49. The lowest BCUT2D eigenvalue weighted by Crippen LogP contribution is -2.56. The topological polar surface area (TPSA) is 70.2 Å². The molecular formula is C27H31N3O4. The summed E-state index contributed by atoms with van der Waals surface area (Å²) in [4.78, 5) is 43.6. The lowest BCUT2D eigenvalue weighted by atomic mass is 9.78. The summed E-state index contributed by atoms with van der Waals surface area (Å²) in [6, 6.07) is 17.8.